The Hall–Kier alpha value is -3.36. The third-order valence-electron chi connectivity index (χ3n) is 4.28. The van der Waals surface area contributed by atoms with E-state index in [9.17, 15) is 19.2 Å². The third-order valence-corrected chi connectivity index (χ3v) is 4.28. The molecule has 0 aromatic heterocycles. The van der Waals surface area contributed by atoms with Crippen molar-refractivity contribution in [3.8, 4) is 0 Å². The van der Waals surface area contributed by atoms with Gasteiger partial charge in [0.05, 0.1) is 27.4 Å². The minimum absolute atomic E-state index is 0.323. The van der Waals surface area contributed by atoms with Gasteiger partial charge < -0.3 is 24.3 Å². The van der Waals surface area contributed by atoms with E-state index in [1.165, 1.54) is 13.2 Å². The number of allylic oxidation sites excluding steroid dienone is 1. The summed E-state index contributed by atoms with van der Waals surface area (Å²) in [6, 6.07) is 7.14. The van der Waals surface area contributed by atoms with Crippen molar-refractivity contribution in [1.29, 1.82) is 0 Å². The van der Waals surface area contributed by atoms with Gasteiger partial charge in [0.15, 0.2) is 5.41 Å². The second kappa shape index (κ2) is 11.1. The van der Waals surface area contributed by atoms with Gasteiger partial charge in [0.1, 0.15) is 5.60 Å². The molecule has 0 heterocycles. The van der Waals surface area contributed by atoms with Crippen molar-refractivity contribution in [2.24, 2.45) is 5.41 Å². The van der Waals surface area contributed by atoms with Crippen LogP contribution >= 0.6 is 0 Å². The fourth-order valence-electron chi connectivity index (χ4n) is 2.94. The summed E-state index contributed by atoms with van der Waals surface area (Å²) in [6.07, 6.45) is 1.18. The van der Waals surface area contributed by atoms with E-state index < -0.39 is 41.1 Å². The van der Waals surface area contributed by atoms with Crippen LogP contribution in [0.5, 0.6) is 0 Å². The SMILES string of the molecule is COC(=O)/C=C/CC(C(=O)OC)(C(=O)OC)[C@H](NC(=O)OC(C)(C)C)c1ccccc1. The molecular formula is C22H29NO8. The number of esters is 3. The van der Waals surface area contributed by atoms with Gasteiger partial charge in [0.2, 0.25) is 0 Å². The molecule has 0 unspecified atom stereocenters. The molecular weight excluding hydrogens is 406 g/mol. The van der Waals surface area contributed by atoms with Gasteiger partial charge >= 0.3 is 24.0 Å². The van der Waals surface area contributed by atoms with Crippen LogP contribution in [0.3, 0.4) is 0 Å². The summed E-state index contributed by atoms with van der Waals surface area (Å²) in [5, 5.41) is 2.60. The van der Waals surface area contributed by atoms with Gasteiger partial charge in [0, 0.05) is 6.08 Å². The Bertz CT molecular complexity index is 795. The zero-order chi connectivity index (χ0) is 23.7. The number of amides is 1. The van der Waals surface area contributed by atoms with Gasteiger partial charge in [-0.1, -0.05) is 36.4 Å². The van der Waals surface area contributed by atoms with Crippen molar-refractivity contribution in [2.45, 2.75) is 38.8 Å². The number of carbonyl (C=O) groups excluding carboxylic acids is 4. The summed E-state index contributed by atoms with van der Waals surface area (Å²) < 4.78 is 19.7. The fraction of sp³-hybridized carbons (Fsp3) is 0.455. The molecule has 31 heavy (non-hydrogen) atoms. The molecule has 0 radical (unpaired) electrons. The van der Waals surface area contributed by atoms with E-state index in [0.29, 0.717) is 5.56 Å². The number of hydrogen-bond acceptors (Lipinski definition) is 8. The summed E-state index contributed by atoms with van der Waals surface area (Å²) in [5.41, 5.74) is -2.45. The predicted octanol–water partition coefficient (Wildman–Crippen LogP) is 2.70. The molecule has 0 saturated carbocycles. The zero-order valence-electron chi connectivity index (χ0n) is 18.6. The van der Waals surface area contributed by atoms with Crippen LogP contribution in [-0.2, 0) is 33.3 Å². The maximum Gasteiger partial charge on any atom is 0.408 e. The van der Waals surface area contributed by atoms with Crippen LogP contribution in [-0.4, -0.2) is 50.9 Å². The molecule has 1 aromatic rings. The number of ether oxygens (including phenoxy) is 4. The molecule has 1 atom stereocenters. The largest absolute Gasteiger partial charge is 0.468 e. The molecule has 1 aromatic carbocycles. The zero-order valence-corrected chi connectivity index (χ0v) is 18.6. The van der Waals surface area contributed by atoms with Gasteiger partial charge in [-0.05, 0) is 32.8 Å². The van der Waals surface area contributed by atoms with Crippen molar-refractivity contribution >= 4 is 24.0 Å². The molecule has 0 aliphatic carbocycles. The normalized spacial score (nSPS) is 12.6. The lowest BCUT2D eigenvalue weighted by Crippen LogP contribution is -2.52. The average Bonchev–Trinajstić information content (AvgIpc) is 2.73. The molecule has 0 aliphatic rings. The smallest absolute Gasteiger partial charge is 0.408 e. The van der Waals surface area contributed by atoms with Crippen molar-refractivity contribution in [3.05, 3.63) is 48.0 Å². The molecule has 0 spiro atoms. The summed E-state index contributed by atoms with van der Waals surface area (Å²) in [4.78, 5) is 50.1. The summed E-state index contributed by atoms with van der Waals surface area (Å²) in [6.45, 7) is 5.03. The van der Waals surface area contributed by atoms with Gasteiger partial charge in [-0.3, -0.25) is 9.59 Å². The maximum absolute atomic E-state index is 13.0. The molecule has 1 amide bonds. The first-order valence-electron chi connectivity index (χ1n) is 9.47. The molecule has 0 fully saturated rings. The lowest BCUT2D eigenvalue weighted by atomic mass is 9.74. The van der Waals surface area contributed by atoms with Crippen LogP contribution in [0.2, 0.25) is 0 Å². The maximum atomic E-state index is 13.0. The lowest BCUT2D eigenvalue weighted by molar-refractivity contribution is -0.171. The van der Waals surface area contributed by atoms with E-state index in [-0.39, 0.29) is 6.42 Å². The minimum atomic E-state index is -2.05. The lowest BCUT2D eigenvalue weighted by Gasteiger charge is -2.36. The number of carbonyl (C=O) groups is 4. The van der Waals surface area contributed by atoms with Crippen LogP contribution < -0.4 is 5.32 Å². The van der Waals surface area contributed by atoms with Crippen LogP contribution in [0, 0.1) is 5.41 Å². The highest BCUT2D eigenvalue weighted by Gasteiger charge is 2.55. The summed E-state index contributed by atoms with van der Waals surface area (Å²) in [7, 11) is 3.41. The highest BCUT2D eigenvalue weighted by molar-refractivity contribution is 6.02. The van der Waals surface area contributed by atoms with E-state index in [2.05, 4.69) is 10.1 Å². The Morgan fingerprint density at radius 2 is 1.48 bits per heavy atom. The Kier molecular flexibility index (Phi) is 9.23. The van der Waals surface area contributed by atoms with Crippen molar-refractivity contribution in [1.82, 2.24) is 5.32 Å². The first-order chi connectivity index (χ1) is 14.5. The van der Waals surface area contributed by atoms with Crippen LogP contribution in [0.15, 0.2) is 42.5 Å². The highest BCUT2D eigenvalue weighted by Crippen LogP contribution is 2.41. The van der Waals surface area contributed by atoms with E-state index in [0.717, 1.165) is 20.3 Å². The van der Waals surface area contributed by atoms with E-state index in [1.54, 1.807) is 51.1 Å². The first-order valence-corrected chi connectivity index (χ1v) is 9.47. The topological polar surface area (TPSA) is 117 Å². The number of nitrogens with one attached hydrogen (secondary N) is 1. The molecule has 1 rings (SSSR count). The van der Waals surface area contributed by atoms with Gasteiger partial charge in [-0.2, -0.15) is 0 Å². The molecule has 9 nitrogen and oxygen atoms in total. The van der Waals surface area contributed by atoms with Gasteiger partial charge in [0.25, 0.3) is 0 Å². The van der Waals surface area contributed by atoms with Crippen LogP contribution in [0.4, 0.5) is 4.79 Å². The van der Waals surface area contributed by atoms with E-state index in [1.807, 2.05) is 0 Å². The Labute approximate surface area is 181 Å². The number of methoxy groups -OCH3 is 3. The second-order valence-electron chi connectivity index (χ2n) is 7.57. The third kappa shape index (κ3) is 6.84. The number of rotatable bonds is 8. The van der Waals surface area contributed by atoms with E-state index in [4.69, 9.17) is 14.2 Å². The number of hydrogen-bond donors (Lipinski definition) is 1. The Balaban J connectivity index is 3.63. The van der Waals surface area contributed by atoms with Crippen molar-refractivity contribution in [2.75, 3.05) is 21.3 Å². The predicted molar refractivity (Wildman–Crippen MR) is 111 cm³/mol. The molecule has 0 aliphatic heterocycles. The standard InChI is InChI=1S/C22H29NO8/c1-21(2,3)31-20(27)23-17(15-11-8-7-9-12-15)22(18(25)29-5,19(26)30-6)14-10-13-16(24)28-4/h7-13,17H,14H2,1-6H3,(H,23,27)/b13-10+/t17-/m1/s1. The van der Waals surface area contributed by atoms with Crippen molar-refractivity contribution in [3.63, 3.8) is 0 Å². The fourth-order valence-corrected chi connectivity index (χ4v) is 2.94. The first kappa shape index (κ1) is 25.7. The molecule has 1 N–H and O–H groups in total. The molecule has 9 heteroatoms. The Morgan fingerprint density at radius 3 is 1.94 bits per heavy atom. The van der Waals surface area contributed by atoms with E-state index >= 15 is 0 Å². The van der Waals surface area contributed by atoms with Gasteiger partial charge in [-0.25, -0.2) is 9.59 Å². The van der Waals surface area contributed by atoms with Crippen LogP contribution in [0.1, 0.15) is 38.8 Å². The van der Waals surface area contributed by atoms with Gasteiger partial charge in [-0.15, -0.1) is 0 Å². The van der Waals surface area contributed by atoms with Crippen LogP contribution in [0.25, 0.3) is 0 Å². The molecule has 0 saturated heterocycles. The number of alkyl carbamates (subject to hydrolysis) is 1. The summed E-state index contributed by atoms with van der Waals surface area (Å²) >= 11 is 0. The minimum Gasteiger partial charge on any atom is -0.468 e. The summed E-state index contributed by atoms with van der Waals surface area (Å²) in [5.74, 6) is -2.60. The quantitative estimate of drug-likeness (QED) is 0.287. The highest BCUT2D eigenvalue weighted by atomic mass is 16.6. The number of benzene rings is 1. The molecule has 0 bridgehead atoms. The van der Waals surface area contributed by atoms with Crippen molar-refractivity contribution < 1.29 is 38.1 Å². The monoisotopic (exact) mass is 435 g/mol. The second-order valence-corrected chi connectivity index (χ2v) is 7.57. The average molecular weight is 435 g/mol. The Morgan fingerprint density at radius 1 is 0.935 bits per heavy atom. The molecule has 170 valence electrons.